The van der Waals surface area contributed by atoms with Gasteiger partial charge in [0.2, 0.25) is 5.91 Å². The maximum atomic E-state index is 12.1. The highest BCUT2D eigenvalue weighted by atomic mass is 35.5. The third-order valence-electron chi connectivity index (χ3n) is 3.97. The Balaban J connectivity index is 1.55. The van der Waals surface area contributed by atoms with E-state index in [0.717, 1.165) is 27.6 Å². The van der Waals surface area contributed by atoms with E-state index >= 15 is 0 Å². The molecule has 1 aliphatic heterocycles. The number of ether oxygens (including phenoxy) is 2. The molecule has 1 N–H and O–H groups in total. The summed E-state index contributed by atoms with van der Waals surface area (Å²) in [7, 11) is 0. The van der Waals surface area contributed by atoms with Gasteiger partial charge in [-0.2, -0.15) is 5.10 Å². The summed E-state index contributed by atoms with van der Waals surface area (Å²) in [5.41, 5.74) is 5.35. The lowest BCUT2D eigenvalue weighted by molar-refractivity contribution is -0.118. The first-order chi connectivity index (χ1) is 13.2. The predicted molar refractivity (Wildman–Crippen MR) is 110 cm³/mol. The van der Waals surface area contributed by atoms with Crippen LogP contribution in [0, 0.1) is 0 Å². The number of carbonyl (C=O) groups excluding carboxylic acids is 1. The number of nitrogens with zero attached hydrogens (tertiary/aromatic N) is 1. The van der Waals surface area contributed by atoms with Crippen LogP contribution in [0.3, 0.4) is 0 Å². The Bertz CT molecular complexity index is 842. The number of amides is 1. The van der Waals surface area contributed by atoms with Gasteiger partial charge in [0.1, 0.15) is 13.2 Å². The van der Waals surface area contributed by atoms with Crippen molar-refractivity contribution in [3.63, 3.8) is 0 Å². The van der Waals surface area contributed by atoms with Crippen molar-refractivity contribution >= 4 is 35.0 Å². The Kier molecular flexibility index (Phi) is 7.01. The molecule has 0 aromatic heterocycles. The van der Waals surface area contributed by atoms with Gasteiger partial charge in [-0.25, -0.2) is 5.43 Å². The van der Waals surface area contributed by atoms with E-state index in [1.165, 1.54) is 11.8 Å². The van der Waals surface area contributed by atoms with Crippen molar-refractivity contribution in [1.82, 2.24) is 5.43 Å². The maximum absolute atomic E-state index is 12.1. The van der Waals surface area contributed by atoms with Gasteiger partial charge in [0.15, 0.2) is 11.5 Å². The van der Waals surface area contributed by atoms with Gasteiger partial charge in [-0.15, -0.1) is 11.8 Å². The van der Waals surface area contributed by atoms with Crippen molar-refractivity contribution in [1.29, 1.82) is 0 Å². The molecule has 0 aliphatic carbocycles. The van der Waals surface area contributed by atoms with Crippen molar-refractivity contribution in [2.24, 2.45) is 5.10 Å². The number of fused-ring (bicyclic) bond motifs is 1. The average molecular weight is 405 g/mol. The Morgan fingerprint density at radius 3 is 2.74 bits per heavy atom. The number of halogens is 1. The molecule has 1 heterocycles. The topological polar surface area (TPSA) is 59.9 Å². The fourth-order valence-electron chi connectivity index (χ4n) is 2.60. The number of thioether (sulfide) groups is 1. The van der Waals surface area contributed by atoms with Crippen LogP contribution < -0.4 is 14.9 Å². The molecule has 27 heavy (non-hydrogen) atoms. The van der Waals surface area contributed by atoms with Gasteiger partial charge in [0.25, 0.3) is 0 Å². The molecule has 5 nitrogen and oxygen atoms in total. The molecule has 0 saturated carbocycles. The summed E-state index contributed by atoms with van der Waals surface area (Å²) < 4.78 is 11.1. The van der Waals surface area contributed by atoms with Crippen molar-refractivity contribution in [3.8, 4) is 11.5 Å². The summed E-state index contributed by atoms with van der Waals surface area (Å²) in [6.45, 7) is 3.09. The van der Waals surface area contributed by atoms with Crippen LogP contribution in [-0.4, -0.2) is 30.6 Å². The summed E-state index contributed by atoms with van der Waals surface area (Å²) in [4.78, 5) is 12.1. The predicted octanol–water partition coefficient (Wildman–Crippen LogP) is 4.27. The fourth-order valence-corrected chi connectivity index (χ4v) is 3.71. The normalized spacial score (nSPS) is 13.3. The number of carbonyl (C=O) groups is 1. The van der Waals surface area contributed by atoms with E-state index in [9.17, 15) is 4.79 Å². The van der Waals surface area contributed by atoms with E-state index in [1.807, 2.05) is 49.4 Å². The minimum atomic E-state index is -0.143. The van der Waals surface area contributed by atoms with Crippen molar-refractivity contribution in [3.05, 3.63) is 58.6 Å². The van der Waals surface area contributed by atoms with Crippen LogP contribution in [0.2, 0.25) is 5.02 Å². The molecule has 2 aromatic carbocycles. The van der Waals surface area contributed by atoms with Gasteiger partial charge >= 0.3 is 0 Å². The molecular formula is C20H21ClN2O3S. The highest BCUT2D eigenvalue weighted by Crippen LogP contribution is 2.31. The van der Waals surface area contributed by atoms with E-state index in [-0.39, 0.29) is 5.91 Å². The second-order valence-corrected chi connectivity index (χ2v) is 7.28. The molecule has 1 aliphatic rings. The number of hydrogen-bond donors (Lipinski definition) is 1. The van der Waals surface area contributed by atoms with E-state index in [0.29, 0.717) is 36.9 Å². The Morgan fingerprint density at radius 1 is 1.19 bits per heavy atom. The van der Waals surface area contributed by atoms with Crippen LogP contribution in [0.1, 0.15) is 24.5 Å². The minimum Gasteiger partial charge on any atom is -0.486 e. The maximum Gasteiger partial charge on any atom is 0.250 e. The van der Waals surface area contributed by atoms with Crippen LogP contribution >= 0.6 is 23.4 Å². The van der Waals surface area contributed by atoms with Crippen molar-refractivity contribution in [2.45, 2.75) is 19.1 Å². The minimum absolute atomic E-state index is 0.143. The molecule has 3 rings (SSSR count). The molecule has 142 valence electrons. The molecular weight excluding hydrogens is 384 g/mol. The number of benzene rings is 2. The number of nitrogens with one attached hydrogen (secondary N) is 1. The molecule has 0 saturated heterocycles. The summed E-state index contributed by atoms with van der Waals surface area (Å²) in [6.07, 6.45) is 0.687. The van der Waals surface area contributed by atoms with Crippen LogP contribution in [0.4, 0.5) is 0 Å². The zero-order valence-electron chi connectivity index (χ0n) is 15.0. The number of rotatable bonds is 7. The Morgan fingerprint density at radius 2 is 1.96 bits per heavy atom. The standard InChI is InChI=1S/C20H21ClN2O3S/c1-2-17(14-7-8-18-19(11-14)26-10-9-25-18)22-23-20(24)13-27-12-15-5-3-4-6-16(15)21/h3-8,11H,2,9-10,12-13H2,1H3,(H,23,24)/b22-17-. The van der Waals surface area contributed by atoms with Crippen LogP contribution in [0.25, 0.3) is 0 Å². The molecule has 0 unspecified atom stereocenters. The molecule has 0 spiro atoms. The SMILES string of the molecule is CC/C(=N/NC(=O)CSCc1ccccc1Cl)c1ccc2c(c1)OCCO2. The van der Waals surface area contributed by atoms with Gasteiger partial charge in [0.05, 0.1) is 11.5 Å². The average Bonchev–Trinajstić information content (AvgIpc) is 2.70. The van der Waals surface area contributed by atoms with Crippen molar-refractivity contribution in [2.75, 3.05) is 19.0 Å². The van der Waals surface area contributed by atoms with Crippen LogP contribution in [-0.2, 0) is 10.5 Å². The summed E-state index contributed by atoms with van der Waals surface area (Å²) >= 11 is 7.62. The van der Waals surface area contributed by atoms with Crippen LogP contribution in [0.15, 0.2) is 47.6 Å². The molecule has 7 heteroatoms. The van der Waals surface area contributed by atoms with E-state index in [2.05, 4.69) is 10.5 Å². The first-order valence-corrected chi connectivity index (χ1v) is 10.3. The van der Waals surface area contributed by atoms with Crippen LogP contribution in [0.5, 0.6) is 11.5 Å². The third-order valence-corrected chi connectivity index (χ3v) is 5.32. The van der Waals surface area contributed by atoms with Gasteiger partial charge in [-0.05, 0) is 36.2 Å². The van der Waals surface area contributed by atoms with Gasteiger partial charge in [-0.1, -0.05) is 36.7 Å². The lowest BCUT2D eigenvalue weighted by Crippen LogP contribution is -2.22. The fraction of sp³-hybridized carbons (Fsp3) is 0.300. The molecule has 0 bridgehead atoms. The molecule has 0 radical (unpaired) electrons. The zero-order chi connectivity index (χ0) is 19.1. The second kappa shape index (κ2) is 9.67. The van der Waals surface area contributed by atoms with Gasteiger partial charge in [0, 0.05) is 16.3 Å². The molecule has 2 aromatic rings. The highest BCUT2D eigenvalue weighted by Gasteiger charge is 2.13. The molecule has 0 fully saturated rings. The number of hydrogen-bond acceptors (Lipinski definition) is 5. The summed E-state index contributed by atoms with van der Waals surface area (Å²) in [5, 5.41) is 5.00. The lowest BCUT2D eigenvalue weighted by Gasteiger charge is -2.19. The second-order valence-electron chi connectivity index (χ2n) is 5.89. The largest absolute Gasteiger partial charge is 0.486 e. The smallest absolute Gasteiger partial charge is 0.250 e. The van der Waals surface area contributed by atoms with E-state index in [1.54, 1.807) is 0 Å². The first-order valence-electron chi connectivity index (χ1n) is 8.74. The zero-order valence-corrected chi connectivity index (χ0v) is 16.6. The third kappa shape index (κ3) is 5.40. The van der Waals surface area contributed by atoms with E-state index in [4.69, 9.17) is 21.1 Å². The summed E-state index contributed by atoms with van der Waals surface area (Å²) in [5.74, 6) is 2.30. The highest BCUT2D eigenvalue weighted by molar-refractivity contribution is 7.99. The van der Waals surface area contributed by atoms with Gasteiger partial charge in [-0.3, -0.25) is 4.79 Å². The molecule has 0 atom stereocenters. The van der Waals surface area contributed by atoms with Crippen molar-refractivity contribution < 1.29 is 14.3 Å². The van der Waals surface area contributed by atoms with E-state index < -0.39 is 0 Å². The quantitative estimate of drug-likeness (QED) is 0.552. The molecule has 1 amide bonds. The lowest BCUT2D eigenvalue weighted by atomic mass is 10.1. The van der Waals surface area contributed by atoms with Gasteiger partial charge < -0.3 is 9.47 Å². The summed E-state index contributed by atoms with van der Waals surface area (Å²) in [6, 6.07) is 13.3. The Labute approximate surface area is 168 Å². The number of hydrazone groups is 1. The Hall–Kier alpha value is -2.18. The monoisotopic (exact) mass is 404 g/mol. The first kappa shape index (κ1) is 19.6.